The summed E-state index contributed by atoms with van der Waals surface area (Å²) in [5, 5.41) is 14.1. The van der Waals surface area contributed by atoms with Gasteiger partial charge in [-0.3, -0.25) is 9.48 Å². The number of pyridine rings is 1. The first-order valence-corrected chi connectivity index (χ1v) is 9.17. The molecule has 152 valence electrons. The number of halogens is 1. The summed E-state index contributed by atoms with van der Waals surface area (Å²) >= 11 is 0. The van der Waals surface area contributed by atoms with Crippen LogP contribution in [0.4, 0.5) is 4.39 Å². The third-order valence-electron chi connectivity index (χ3n) is 4.58. The molecule has 1 saturated heterocycles. The number of rotatable bonds is 6. The number of piperidine rings is 1. The molecule has 1 fully saturated rings. The standard InChI is InChI=1S/C19H26FN5O3/c1-19(2,27)11-25-9-13(8-23-25)12-6-14(17(21)26)18(22-7-12)28-16-4-5-24(3)10-15(16)20/h6-9,15-16,27H,4-5,10-11H2,1-3H3,(H2,21,26)/t15-,16+/m0/s1. The van der Waals surface area contributed by atoms with Gasteiger partial charge in [-0.05, 0) is 33.4 Å². The number of alkyl halides is 1. The monoisotopic (exact) mass is 391 g/mol. The van der Waals surface area contributed by atoms with E-state index >= 15 is 0 Å². The van der Waals surface area contributed by atoms with E-state index in [-0.39, 0.29) is 18.0 Å². The van der Waals surface area contributed by atoms with E-state index in [1.165, 1.54) is 6.20 Å². The molecule has 9 heteroatoms. The van der Waals surface area contributed by atoms with E-state index in [0.717, 1.165) is 0 Å². The minimum atomic E-state index is -1.17. The maximum absolute atomic E-state index is 14.3. The van der Waals surface area contributed by atoms with Crippen LogP contribution in [0.2, 0.25) is 0 Å². The fourth-order valence-electron chi connectivity index (χ4n) is 3.19. The van der Waals surface area contributed by atoms with E-state index in [1.807, 2.05) is 11.9 Å². The van der Waals surface area contributed by atoms with Crippen LogP contribution in [0.25, 0.3) is 11.1 Å². The number of aromatic nitrogens is 3. The zero-order valence-corrected chi connectivity index (χ0v) is 16.3. The van der Waals surface area contributed by atoms with Crippen molar-refractivity contribution in [3.05, 3.63) is 30.2 Å². The molecule has 0 bridgehead atoms. The number of ether oxygens (including phenoxy) is 1. The number of hydrogen-bond donors (Lipinski definition) is 2. The molecule has 8 nitrogen and oxygen atoms in total. The van der Waals surface area contributed by atoms with Crippen LogP contribution in [0.3, 0.4) is 0 Å². The minimum absolute atomic E-state index is 0.0392. The van der Waals surface area contributed by atoms with Crippen LogP contribution >= 0.6 is 0 Å². The van der Waals surface area contributed by atoms with Gasteiger partial charge in [-0.15, -0.1) is 0 Å². The molecular formula is C19H26FN5O3. The van der Waals surface area contributed by atoms with Gasteiger partial charge < -0.3 is 20.5 Å². The number of nitrogens with two attached hydrogens (primary N) is 1. The van der Waals surface area contributed by atoms with Gasteiger partial charge in [0.15, 0.2) is 0 Å². The molecule has 0 aliphatic carbocycles. The van der Waals surface area contributed by atoms with Crippen LogP contribution < -0.4 is 10.5 Å². The van der Waals surface area contributed by atoms with Gasteiger partial charge in [-0.25, -0.2) is 9.37 Å². The Hall–Kier alpha value is -2.52. The van der Waals surface area contributed by atoms with E-state index in [9.17, 15) is 14.3 Å². The average Bonchev–Trinajstić information content (AvgIpc) is 3.04. The zero-order chi connectivity index (χ0) is 20.5. The molecule has 1 aliphatic rings. The quantitative estimate of drug-likeness (QED) is 0.767. The average molecular weight is 391 g/mol. The van der Waals surface area contributed by atoms with Crippen molar-refractivity contribution in [2.45, 2.75) is 44.7 Å². The van der Waals surface area contributed by atoms with E-state index in [0.29, 0.717) is 30.6 Å². The smallest absolute Gasteiger partial charge is 0.254 e. The number of amides is 1. The van der Waals surface area contributed by atoms with Gasteiger partial charge in [0.25, 0.3) is 5.91 Å². The van der Waals surface area contributed by atoms with Crippen molar-refractivity contribution in [1.29, 1.82) is 0 Å². The Morgan fingerprint density at radius 3 is 2.82 bits per heavy atom. The Morgan fingerprint density at radius 1 is 1.43 bits per heavy atom. The van der Waals surface area contributed by atoms with Gasteiger partial charge >= 0.3 is 0 Å². The van der Waals surface area contributed by atoms with E-state index in [2.05, 4.69) is 10.1 Å². The Kier molecular flexibility index (Phi) is 5.66. The maximum atomic E-state index is 14.3. The summed E-state index contributed by atoms with van der Waals surface area (Å²) in [6.07, 6.45) is 3.57. The first-order valence-electron chi connectivity index (χ1n) is 9.17. The Bertz CT molecular complexity index is 848. The fraction of sp³-hybridized carbons (Fsp3) is 0.526. The number of nitrogens with zero attached hydrogens (tertiary/aromatic N) is 4. The fourth-order valence-corrected chi connectivity index (χ4v) is 3.19. The number of carbonyl (C=O) groups is 1. The Labute approximate surface area is 163 Å². The van der Waals surface area contributed by atoms with Crippen molar-refractivity contribution in [2.75, 3.05) is 20.1 Å². The van der Waals surface area contributed by atoms with Gasteiger partial charge in [0, 0.05) is 36.6 Å². The van der Waals surface area contributed by atoms with Gasteiger partial charge in [0.2, 0.25) is 5.88 Å². The molecule has 3 rings (SSSR count). The maximum Gasteiger partial charge on any atom is 0.254 e. The highest BCUT2D eigenvalue weighted by Gasteiger charge is 2.30. The summed E-state index contributed by atoms with van der Waals surface area (Å²) in [6.45, 7) is 4.67. The molecule has 3 heterocycles. The molecule has 0 unspecified atom stereocenters. The summed E-state index contributed by atoms with van der Waals surface area (Å²) in [4.78, 5) is 18.0. The van der Waals surface area contributed by atoms with Crippen LogP contribution in [-0.4, -0.2) is 68.7 Å². The van der Waals surface area contributed by atoms with E-state index in [1.54, 1.807) is 37.0 Å². The molecule has 0 saturated carbocycles. The lowest BCUT2D eigenvalue weighted by Gasteiger charge is -2.32. The molecule has 0 aromatic carbocycles. The lowest BCUT2D eigenvalue weighted by Crippen LogP contribution is -2.45. The van der Waals surface area contributed by atoms with Crippen molar-refractivity contribution in [1.82, 2.24) is 19.7 Å². The van der Waals surface area contributed by atoms with Crippen LogP contribution in [-0.2, 0) is 6.54 Å². The van der Waals surface area contributed by atoms with E-state index < -0.39 is 23.8 Å². The van der Waals surface area contributed by atoms with Gasteiger partial charge in [-0.1, -0.05) is 0 Å². The van der Waals surface area contributed by atoms with Crippen molar-refractivity contribution >= 4 is 5.91 Å². The van der Waals surface area contributed by atoms with Gasteiger partial charge in [0.05, 0.1) is 18.3 Å². The molecule has 1 amide bonds. The second kappa shape index (κ2) is 7.84. The van der Waals surface area contributed by atoms with E-state index in [4.69, 9.17) is 10.5 Å². The SMILES string of the molecule is CN1CC[C@@H](Oc2ncc(-c3cnn(CC(C)(C)O)c3)cc2C(N)=O)[C@@H](F)C1. The first kappa shape index (κ1) is 20.2. The molecule has 3 N–H and O–H groups in total. The molecule has 1 aliphatic heterocycles. The first-order chi connectivity index (χ1) is 13.1. The zero-order valence-electron chi connectivity index (χ0n) is 16.3. The summed E-state index contributed by atoms with van der Waals surface area (Å²) in [7, 11) is 1.85. The topological polar surface area (TPSA) is 106 Å². The number of carbonyl (C=O) groups excluding carboxylic acids is 1. The molecule has 2 atom stereocenters. The summed E-state index contributed by atoms with van der Waals surface area (Å²) in [5.74, 6) is -0.658. The summed E-state index contributed by atoms with van der Waals surface area (Å²) in [5.41, 5.74) is 6.03. The molecular weight excluding hydrogens is 365 g/mol. The second-order valence-corrected chi connectivity index (χ2v) is 7.90. The third kappa shape index (κ3) is 4.85. The second-order valence-electron chi connectivity index (χ2n) is 7.90. The number of primary amides is 1. The van der Waals surface area contributed by atoms with Crippen molar-refractivity contribution < 1.29 is 19.0 Å². The van der Waals surface area contributed by atoms with Crippen LogP contribution in [0.15, 0.2) is 24.7 Å². The number of hydrogen-bond acceptors (Lipinski definition) is 6. The highest BCUT2D eigenvalue weighted by atomic mass is 19.1. The molecule has 2 aromatic heterocycles. The highest BCUT2D eigenvalue weighted by Crippen LogP contribution is 2.27. The summed E-state index contributed by atoms with van der Waals surface area (Å²) < 4.78 is 21.6. The van der Waals surface area contributed by atoms with Crippen LogP contribution in [0, 0.1) is 0 Å². The Morgan fingerprint density at radius 2 is 2.18 bits per heavy atom. The van der Waals surface area contributed by atoms with Crippen LogP contribution in [0.5, 0.6) is 5.88 Å². The molecule has 28 heavy (non-hydrogen) atoms. The predicted octanol–water partition coefficient (Wildman–Crippen LogP) is 1.24. The van der Waals surface area contributed by atoms with Gasteiger partial charge in [-0.2, -0.15) is 5.10 Å². The van der Waals surface area contributed by atoms with Crippen molar-refractivity contribution in [2.24, 2.45) is 5.73 Å². The largest absolute Gasteiger partial charge is 0.471 e. The lowest BCUT2D eigenvalue weighted by molar-refractivity contribution is 0.0280. The van der Waals surface area contributed by atoms with Gasteiger partial charge in [0.1, 0.15) is 17.8 Å². The normalized spacial score (nSPS) is 20.9. The third-order valence-corrected chi connectivity index (χ3v) is 4.58. The van der Waals surface area contributed by atoms with Crippen molar-refractivity contribution in [3.63, 3.8) is 0 Å². The summed E-state index contributed by atoms with van der Waals surface area (Å²) in [6, 6.07) is 1.57. The highest BCUT2D eigenvalue weighted by molar-refractivity contribution is 5.96. The minimum Gasteiger partial charge on any atom is -0.471 e. The molecule has 0 spiro atoms. The Balaban J connectivity index is 1.82. The van der Waals surface area contributed by atoms with Crippen molar-refractivity contribution in [3.8, 4) is 17.0 Å². The lowest BCUT2D eigenvalue weighted by atomic mass is 10.1. The predicted molar refractivity (Wildman–Crippen MR) is 102 cm³/mol. The molecule has 0 radical (unpaired) electrons. The number of aliphatic hydroxyl groups is 1. The number of likely N-dealkylation sites (tertiary alicyclic amines) is 1. The molecule has 2 aromatic rings. The van der Waals surface area contributed by atoms with Crippen LogP contribution in [0.1, 0.15) is 30.6 Å².